The van der Waals surface area contributed by atoms with Crippen molar-refractivity contribution in [2.45, 2.75) is 33.2 Å². The van der Waals surface area contributed by atoms with Gasteiger partial charge in [-0.2, -0.15) is 0 Å². The zero-order valence-electron chi connectivity index (χ0n) is 11.3. The largest absolute Gasteiger partial charge is 0.398 e. The molecular formula is C13H18FN5. The summed E-state index contributed by atoms with van der Waals surface area (Å²) in [6, 6.07) is 4.44. The number of anilines is 1. The predicted molar refractivity (Wildman–Crippen MR) is 71.8 cm³/mol. The molecular weight excluding hydrogens is 245 g/mol. The number of aromatic nitrogens is 4. The molecule has 1 heterocycles. The Labute approximate surface area is 111 Å². The van der Waals surface area contributed by atoms with Gasteiger partial charge in [-0.1, -0.05) is 20.8 Å². The first kappa shape index (κ1) is 13.5. The number of tetrazole rings is 1. The van der Waals surface area contributed by atoms with E-state index in [0.717, 1.165) is 6.42 Å². The van der Waals surface area contributed by atoms with Gasteiger partial charge in [0.1, 0.15) is 5.82 Å². The van der Waals surface area contributed by atoms with Gasteiger partial charge in [0.15, 0.2) is 5.82 Å². The summed E-state index contributed by atoms with van der Waals surface area (Å²) in [5.74, 6) is 0.614. The topological polar surface area (TPSA) is 69.6 Å². The molecule has 0 aliphatic carbocycles. The summed E-state index contributed by atoms with van der Waals surface area (Å²) < 4.78 is 14.9. The highest BCUT2D eigenvalue weighted by Crippen LogP contribution is 2.29. The van der Waals surface area contributed by atoms with Crippen LogP contribution >= 0.6 is 0 Å². The minimum Gasteiger partial charge on any atom is -0.398 e. The number of nitrogens with two attached hydrogens (primary N) is 1. The Morgan fingerprint density at radius 2 is 2.11 bits per heavy atom. The van der Waals surface area contributed by atoms with Crippen molar-refractivity contribution in [2.24, 2.45) is 5.92 Å². The molecule has 5 nitrogen and oxygen atoms in total. The maximum atomic E-state index is 13.1. The summed E-state index contributed by atoms with van der Waals surface area (Å²) >= 11 is 0. The van der Waals surface area contributed by atoms with Crippen molar-refractivity contribution >= 4 is 5.69 Å². The van der Waals surface area contributed by atoms with Crippen LogP contribution in [0.4, 0.5) is 10.1 Å². The standard InChI is InChI=1S/C13H18FN5/c1-4-12(8(2)3)19-13(16-17-18-19)10-6-5-9(14)7-11(10)15/h5-8,12H,4,15H2,1-3H3. The molecule has 0 saturated heterocycles. The molecule has 6 heteroatoms. The zero-order valence-corrected chi connectivity index (χ0v) is 11.3. The summed E-state index contributed by atoms with van der Waals surface area (Å²) in [5, 5.41) is 11.8. The average molecular weight is 263 g/mol. The van der Waals surface area contributed by atoms with Gasteiger partial charge in [-0.15, -0.1) is 5.10 Å². The molecule has 102 valence electrons. The lowest BCUT2D eigenvalue weighted by Crippen LogP contribution is -2.17. The molecule has 0 saturated carbocycles. The molecule has 0 aliphatic rings. The molecule has 1 aromatic carbocycles. The first-order chi connectivity index (χ1) is 9.04. The fourth-order valence-electron chi connectivity index (χ4n) is 2.26. The number of hydrogen-bond acceptors (Lipinski definition) is 4. The van der Waals surface area contributed by atoms with E-state index < -0.39 is 0 Å². The van der Waals surface area contributed by atoms with Crippen molar-refractivity contribution in [1.82, 2.24) is 20.2 Å². The second-order valence-corrected chi connectivity index (χ2v) is 4.90. The molecule has 2 aromatic rings. The minimum atomic E-state index is -0.365. The fourth-order valence-corrected chi connectivity index (χ4v) is 2.26. The maximum Gasteiger partial charge on any atom is 0.184 e. The highest BCUT2D eigenvalue weighted by Gasteiger charge is 2.21. The van der Waals surface area contributed by atoms with Crippen LogP contribution in [0.15, 0.2) is 18.2 Å². The molecule has 0 bridgehead atoms. The normalized spacial score (nSPS) is 12.9. The van der Waals surface area contributed by atoms with E-state index in [4.69, 9.17) is 5.73 Å². The van der Waals surface area contributed by atoms with E-state index in [2.05, 4.69) is 36.3 Å². The molecule has 1 unspecified atom stereocenters. The third-order valence-electron chi connectivity index (χ3n) is 3.25. The van der Waals surface area contributed by atoms with Crippen molar-refractivity contribution in [3.05, 3.63) is 24.0 Å². The van der Waals surface area contributed by atoms with E-state index in [0.29, 0.717) is 23.0 Å². The van der Waals surface area contributed by atoms with Crippen LogP contribution in [0.1, 0.15) is 33.2 Å². The molecule has 0 fully saturated rings. The Kier molecular flexibility index (Phi) is 3.78. The Morgan fingerprint density at radius 1 is 1.37 bits per heavy atom. The van der Waals surface area contributed by atoms with Gasteiger partial charge in [0.2, 0.25) is 0 Å². The summed E-state index contributed by atoms with van der Waals surface area (Å²) in [5.41, 5.74) is 6.85. The van der Waals surface area contributed by atoms with Gasteiger partial charge in [-0.25, -0.2) is 9.07 Å². The van der Waals surface area contributed by atoms with Crippen LogP contribution in [-0.4, -0.2) is 20.2 Å². The third kappa shape index (κ3) is 2.57. The number of halogens is 1. The molecule has 0 amide bonds. The van der Waals surface area contributed by atoms with Crippen molar-refractivity contribution in [3.63, 3.8) is 0 Å². The Morgan fingerprint density at radius 3 is 2.68 bits per heavy atom. The summed E-state index contributed by atoms with van der Waals surface area (Å²) in [7, 11) is 0. The van der Waals surface area contributed by atoms with Gasteiger partial charge < -0.3 is 5.73 Å². The molecule has 0 radical (unpaired) electrons. The first-order valence-corrected chi connectivity index (χ1v) is 6.37. The van der Waals surface area contributed by atoms with Gasteiger partial charge >= 0.3 is 0 Å². The van der Waals surface area contributed by atoms with Crippen LogP contribution in [0.5, 0.6) is 0 Å². The van der Waals surface area contributed by atoms with E-state index in [1.165, 1.54) is 12.1 Å². The van der Waals surface area contributed by atoms with Crippen LogP contribution in [0.3, 0.4) is 0 Å². The number of hydrogen-bond donors (Lipinski definition) is 1. The second-order valence-electron chi connectivity index (χ2n) is 4.90. The summed E-state index contributed by atoms with van der Waals surface area (Å²) in [6.45, 7) is 6.32. The molecule has 0 spiro atoms. The Hall–Kier alpha value is -1.98. The molecule has 2 rings (SSSR count). The van der Waals surface area contributed by atoms with Crippen LogP contribution in [0.2, 0.25) is 0 Å². The SMILES string of the molecule is CCC(C(C)C)n1nnnc1-c1ccc(F)cc1N. The van der Waals surface area contributed by atoms with E-state index >= 15 is 0 Å². The molecule has 19 heavy (non-hydrogen) atoms. The maximum absolute atomic E-state index is 13.1. The third-order valence-corrected chi connectivity index (χ3v) is 3.25. The quantitative estimate of drug-likeness (QED) is 0.861. The van der Waals surface area contributed by atoms with Crippen molar-refractivity contribution in [2.75, 3.05) is 5.73 Å². The van der Waals surface area contributed by atoms with E-state index in [1.54, 1.807) is 10.7 Å². The van der Waals surface area contributed by atoms with E-state index in [1.807, 2.05) is 0 Å². The van der Waals surface area contributed by atoms with Gasteiger partial charge in [0.25, 0.3) is 0 Å². The predicted octanol–water partition coefficient (Wildman–Crippen LogP) is 2.67. The Bertz CT molecular complexity index is 564. The smallest absolute Gasteiger partial charge is 0.184 e. The van der Waals surface area contributed by atoms with Crippen LogP contribution in [0, 0.1) is 11.7 Å². The van der Waals surface area contributed by atoms with Crippen molar-refractivity contribution < 1.29 is 4.39 Å². The van der Waals surface area contributed by atoms with Gasteiger partial charge in [0.05, 0.1) is 6.04 Å². The molecule has 1 atom stereocenters. The molecule has 2 N–H and O–H groups in total. The van der Waals surface area contributed by atoms with Crippen LogP contribution in [0.25, 0.3) is 11.4 Å². The van der Waals surface area contributed by atoms with E-state index in [9.17, 15) is 4.39 Å². The highest BCUT2D eigenvalue weighted by atomic mass is 19.1. The van der Waals surface area contributed by atoms with Crippen LogP contribution in [-0.2, 0) is 0 Å². The number of nitrogens with zero attached hydrogens (tertiary/aromatic N) is 4. The van der Waals surface area contributed by atoms with E-state index in [-0.39, 0.29) is 11.9 Å². The van der Waals surface area contributed by atoms with Crippen molar-refractivity contribution in [1.29, 1.82) is 0 Å². The van der Waals surface area contributed by atoms with Gasteiger partial charge in [-0.3, -0.25) is 0 Å². The number of nitrogen functional groups attached to an aromatic ring is 1. The van der Waals surface area contributed by atoms with Crippen LogP contribution < -0.4 is 5.73 Å². The second kappa shape index (κ2) is 5.34. The first-order valence-electron chi connectivity index (χ1n) is 6.37. The van der Waals surface area contributed by atoms with Gasteiger partial charge in [-0.05, 0) is 41.0 Å². The fraction of sp³-hybridized carbons (Fsp3) is 0.462. The summed E-state index contributed by atoms with van der Waals surface area (Å²) in [6.07, 6.45) is 0.913. The van der Waals surface area contributed by atoms with Crippen molar-refractivity contribution in [3.8, 4) is 11.4 Å². The average Bonchev–Trinajstić information content (AvgIpc) is 2.78. The number of rotatable bonds is 4. The minimum absolute atomic E-state index is 0.189. The monoisotopic (exact) mass is 263 g/mol. The molecule has 0 aliphatic heterocycles. The number of benzene rings is 1. The van der Waals surface area contributed by atoms with Gasteiger partial charge in [0, 0.05) is 11.3 Å². The Balaban J connectivity index is 2.49. The lowest BCUT2D eigenvalue weighted by atomic mass is 10.0. The highest BCUT2D eigenvalue weighted by molar-refractivity contribution is 5.71. The summed E-state index contributed by atoms with van der Waals surface area (Å²) in [4.78, 5) is 0. The zero-order chi connectivity index (χ0) is 14.0. The lowest BCUT2D eigenvalue weighted by molar-refractivity contribution is 0.333. The molecule has 1 aromatic heterocycles. The lowest BCUT2D eigenvalue weighted by Gasteiger charge is -2.20.